The number of halogens is 1. The number of carbonyl (C=O) groups is 2. The summed E-state index contributed by atoms with van der Waals surface area (Å²) in [6.45, 7) is 0.404. The van der Waals surface area contributed by atoms with E-state index < -0.39 is 11.7 Å². The lowest BCUT2D eigenvalue weighted by Gasteiger charge is -2.15. The highest BCUT2D eigenvalue weighted by atomic mass is 79.9. The van der Waals surface area contributed by atoms with Crippen molar-refractivity contribution < 1.29 is 9.59 Å². The van der Waals surface area contributed by atoms with Crippen molar-refractivity contribution in [1.82, 2.24) is 0 Å². The zero-order valence-corrected chi connectivity index (χ0v) is 10.5. The molecule has 4 nitrogen and oxygen atoms in total. The van der Waals surface area contributed by atoms with Crippen LogP contribution in [0.3, 0.4) is 0 Å². The zero-order valence-electron chi connectivity index (χ0n) is 8.94. The minimum Gasteiger partial charge on any atom is -0.305 e. The molecule has 2 rings (SSSR count). The van der Waals surface area contributed by atoms with Gasteiger partial charge >= 0.3 is 0 Å². The normalized spacial score (nSPS) is 13.8. The molecule has 1 aromatic rings. The van der Waals surface area contributed by atoms with Crippen LogP contribution in [-0.2, 0) is 4.79 Å². The molecule has 5 heteroatoms. The number of amides is 1. The van der Waals surface area contributed by atoms with Gasteiger partial charge in [0, 0.05) is 17.4 Å². The molecular formula is C12H9BrN2O2. The third-order valence-electron chi connectivity index (χ3n) is 2.62. The molecule has 1 aromatic carbocycles. The fourth-order valence-corrected chi connectivity index (χ4v) is 2.38. The molecule has 1 heterocycles. The number of carbonyl (C=O) groups excluding carboxylic acids is 2. The van der Waals surface area contributed by atoms with Gasteiger partial charge in [-0.2, -0.15) is 5.26 Å². The number of anilines is 1. The molecule has 0 fully saturated rings. The van der Waals surface area contributed by atoms with E-state index in [-0.39, 0.29) is 0 Å². The lowest BCUT2D eigenvalue weighted by Crippen LogP contribution is -2.30. The van der Waals surface area contributed by atoms with Crippen molar-refractivity contribution in [3.05, 3.63) is 28.2 Å². The Hall–Kier alpha value is -1.67. The maximum absolute atomic E-state index is 11.8. The second-order valence-corrected chi connectivity index (χ2v) is 4.54. The van der Waals surface area contributed by atoms with E-state index in [1.807, 2.05) is 6.07 Å². The summed E-state index contributed by atoms with van der Waals surface area (Å²) < 4.78 is 0.635. The van der Waals surface area contributed by atoms with Crippen LogP contribution in [0.25, 0.3) is 0 Å². The Morgan fingerprint density at radius 2 is 2.12 bits per heavy atom. The SMILES string of the molecule is N#CCCCN1C(=O)C(=O)c2c(Br)cccc21. The summed E-state index contributed by atoms with van der Waals surface area (Å²) in [6, 6.07) is 7.29. The molecular weight excluding hydrogens is 284 g/mol. The van der Waals surface area contributed by atoms with Crippen LogP contribution in [0, 0.1) is 11.3 Å². The number of fused-ring (bicyclic) bond motifs is 1. The van der Waals surface area contributed by atoms with Crippen molar-refractivity contribution in [2.24, 2.45) is 0 Å². The highest BCUT2D eigenvalue weighted by Gasteiger charge is 2.36. The Kier molecular flexibility index (Phi) is 3.25. The Morgan fingerprint density at radius 3 is 2.82 bits per heavy atom. The average molecular weight is 293 g/mol. The molecule has 1 aliphatic heterocycles. The third-order valence-corrected chi connectivity index (χ3v) is 3.28. The van der Waals surface area contributed by atoms with Gasteiger partial charge in [0.2, 0.25) is 0 Å². The van der Waals surface area contributed by atoms with Crippen LogP contribution in [0.1, 0.15) is 23.2 Å². The molecule has 0 saturated heterocycles. The van der Waals surface area contributed by atoms with Gasteiger partial charge in [-0.3, -0.25) is 9.59 Å². The van der Waals surface area contributed by atoms with Gasteiger partial charge in [-0.25, -0.2) is 0 Å². The van der Waals surface area contributed by atoms with Gasteiger partial charge in [0.05, 0.1) is 17.3 Å². The molecule has 86 valence electrons. The standard InChI is InChI=1S/C12H9BrN2O2/c13-8-4-3-5-9-10(8)11(16)12(17)15(9)7-2-1-6-14/h3-5H,1-2,7H2. The minimum absolute atomic E-state index is 0.376. The molecule has 0 radical (unpaired) electrons. The highest BCUT2D eigenvalue weighted by molar-refractivity contribution is 9.10. The van der Waals surface area contributed by atoms with Crippen LogP contribution in [0.5, 0.6) is 0 Å². The second-order valence-electron chi connectivity index (χ2n) is 3.68. The highest BCUT2D eigenvalue weighted by Crippen LogP contribution is 2.34. The quantitative estimate of drug-likeness (QED) is 0.634. The molecule has 17 heavy (non-hydrogen) atoms. The van der Waals surface area contributed by atoms with Gasteiger partial charge in [0.25, 0.3) is 11.7 Å². The van der Waals surface area contributed by atoms with E-state index in [1.54, 1.807) is 18.2 Å². The number of unbranched alkanes of at least 4 members (excludes halogenated alkanes) is 1. The van der Waals surface area contributed by atoms with Gasteiger partial charge in [0.15, 0.2) is 0 Å². The summed E-state index contributed by atoms with van der Waals surface area (Å²) in [5.41, 5.74) is 1.06. The topological polar surface area (TPSA) is 61.2 Å². The van der Waals surface area contributed by atoms with E-state index in [4.69, 9.17) is 5.26 Å². The van der Waals surface area contributed by atoms with Crippen molar-refractivity contribution >= 4 is 33.3 Å². The summed E-state index contributed by atoms with van der Waals surface area (Å²) in [5.74, 6) is -0.991. The largest absolute Gasteiger partial charge is 0.305 e. The van der Waals surface area contributed by atoms with E-state index in [1.165, 1.54) is 4.90 Å². The van der Waals surface area contributed by atoms with Crippen LogP contribution >= 0.6 is 15.9 Å². The maximum atomic E-state index is 11.8. The summed E-state index contributed by atoms with van der Waals surface area (Å²) in [6.07, 6.45) is 0.947. The molecule has 0 unspecified atom stereocenters. The molecule has 1 amide bonds. The smallest absolute Gasteiger partial charge is 0.299 e. The van der Waals surface area contributed by atoms with Crippen LogP contribution in [0.15, 0.2) is 22.7 Å². The number of ketones is 1. The monoisotopic (exact) mass is 292 g/mol. The fourth-order valence-electron chi connectivity index (χ4n) is 1.84. The van der Waals surface area contributed by atoms with Crippen molar-refractivity contribution in [1.29, 1.82) is 5.26 Å². The summed E-state index contributed by atoms with van der Waals surface area (Å²) in [5, 5.41) is 8.47. The number of benzene rings is 1. The summed E-state index contributed by atoms with van der Waals surface area (Å²) >= 11 is 3.27. The second kappa shape index (κ2) is 4.68. The van der Waals surface area contributed by atoms with Gasteiger partial charge in [0.1, 0.15) is 0 Å². The molecule has 0 aliphatic carbocycles. The van der Waals surface area contributed by atoms with E-state index in [0.29, 0.717) is 35.1 Å². The zero-order chi connectivity index (χ0) is 12.4. The summed E-state index contributed by atoms with van der Waals surface area (Å²) in [7, 11) is 0. The lowest BCUT2D eigenvalue weighted by atomic mass is 10.1. The third kappa shape index (κ3) is 1.96. The average Bonchev–Trinajstić information content (AvgIpc) is 2.55. The van der Waals surface area contributed by atoms with E-state index in [2.05, 4.69) is 15.9 Å². The lowest BCUT2D eigenvalue weighted by molar-refractivity contribution is -0.114. The van der Waals surface area contributed by atoms with Crippen molar-refractivity contribution in [3.63, 3.8) is 0 Å². The van der Waals surface area contributed by atoms with Crippen molar-refractivity contribution in [2.75, 3.05) is 11.4 Å². The number of hydrogen-bond acceptors (Lipinski definition) is 3. The predicted molar refractivity (Wildman–Crippen MR) is 65.7 cm³/mol. The number of hydrogen-bond donors (Lipinski definition) is 0. The molecule has 0 saturated carbocycles. The number of rotatable bonds is 3. The van der Waals surface area contributed by atoms with Gasteiger partial charge in [-0.05, 0) is 34.5 Å². The van der Waals surface area contributed by atoms with Crippen molar-refractivity contribution in [2.45, 2.75) is 12.8 Å². The molecule has 0 aromatic heterocycles. The molecule has 0 atom stereocenters. The maximum Gasteiger partial charge on any atom is 0.299 e. The van der Waals surface area contributed by atoms with E-state index >= 15 is 0 Å². The van der Waals surface area contributed by atoms with Gasteiger partial charge in [-0.1, -0.05) is 6.07 Å². The number of Topliss-reactive ketones (excluding diaryl/α,β-unsaturated/α-hetero) is 1. The molecule has 1 aliphatic rings. The predicted octanol–water partition coefficient (Wildman–Crippen LogP) is 2.28. The van der Waals surface area contributed by atoms with Crippen LogP contribution in [-0.4, -0.2) is 18.2 Å². The Balaban J connectivity index is 2.32. The van der Waals surface area contributed by atoms with Crippen LogP contribution < -0.4 is 4.90 Å². The summed E-state index contributed by atoms with van der Waals surface area (Å²) in [4.78, 5) is 25.0. The van der Waals surface area contributed by atoms with Crippen LogP contribution in [0.2, 0.25) is 0 Å². The first-order valence-corrected chi connectivity index (χ1v) is 5.97. The fraction of sp³-hybridized carbons (Fsp3) is 0.250. The first kappa shape index (κ1) is 11.8. The van der Waals surface area contributed by atoms with Gasteiger partial charge < -0.3 is 4.90 Å². The van der Waals surface area contributed by atoms with E-state index in [0.717, 1.165) is 0 Å². The number of nitrogens with zero attached hydrogens (tertiary/aromatic N) is 2. The Morgan fingerprint density at radius 1 is 1.35 bits per heavy atom. The molecule has 0 N–H and O–H groups in total. The van der Waals surface area contributed by atoms with E-state index in [9.17, 15) is 9.59 Å². The van der Waals surface area contributed by atoms with Crippen LogP contribution in [0.4, 0.5) is 5.69 Å². The van der Waals surface area contributed by atoms with Gasteiger partial charge in [-0.15, -0.1) is 0 Å². The Labute approximate surface area is 107 Å². The number of nitriles is 1. The molecule has 0 spiro atoms. The molecule has 0 bridgehead atoms. The first-order valence-electron chi connectivity index (χ1n) is 5.18. The Bertz CT molecular complexity index is 534. The van der Waals surface area contributed by atoms with Crippen molar-refractivity contribution in [3.8, 4) is 6.07 Å². The first-order chi connectivity index (χ1) is 8.16. The minimum atomic E-state index is -0.509.